The van der Waals surface area contributed by atoms with Gasteiger partial charge in [-0.2, -0.15) is 5.10 Å². The minimum Gasteiger partial charge on any atom is -0.315 e. The average Bonchev–Trinajstić information content (AvgIpc) is 3.00. The summed E-state index contributed by atoms with van der Waals surface area (Å²) in [5.74, 6) is 0. The highest BCUT2D eigenvalue weighted by atomic mass is 32.2. The molecule has 3 rings (SSSR count). The van der Waals surface area contributed by atoms with Crippen molar-refractivity contribution >= 4 is 11.8 Å². The predicted octanol–water partition coefficient (Wildman–Crippen LogP) is 2.27. The zero-order valence-corrected chi connectivity index (χ0v) is 12.0. The lowest BCUT2D eigenvalue weighted by Crippen LogP contribution is -2.26. The van der Waals surface area contributed by atoms with Crippen LogP contribution in [0.25, 0.3) is 0 Å². The molecule has 0 saturated carbocycles. The molecule has 3 nitrogen and oxygen atoms in total. The third-order valence-corrected chi connectivity index (χ3v) is 4.89. The summed E-state index contributed by atoms with van der Waals surface area (Å²) in [5.41, 5.74) is 2.79. The molecule has 1 unspecified atom stereocenters. The van der Waals surface area contributed by atoms with E-state index in [9.17, 15) is 0 Å². The molecule has 0 radical (unpaired) electrons. The van der Waals surface area contributed by atoms with Gasteiger partial charge in [-0.25, -0.2) is 0 Å². The Kier molecular flexibility index (Phi) is 3.89. The van der Waals surface area contributed by atoms with Crippen molar-refractivity contribution in [3.63, 3.8) is 0 Å². The van der Waals surface area contributed by atoms with Gasteiger partial charge < -0.3 is 5.32 Å². The Morgan fingerprint density at radius 3 is 3.05 bits per heavy atom. The van der Waals surface area contributed by atoms with Gasteiger partial charge in [0, 0.05) is 48.6 Å². The van der Waals surface area contributed by atoms with Crippen LogP contribution in [0.15, 0.2) is 41.4 Å². The number of rotatable bonds is 5. The predicted molar refractivity (Wildman–Crippen MR) is 79.6 cm³/mol. The van der Waals surface area contributed by atoms with Gasteiger partial charge >= 0.3 is 0 Å². The first-order valence-corrected chi connectivity index (χ1v) is 7.63. The van der Waals surface area contributed by atoms with Crippen LogP contribution >= 0.6 is 11.8 Å². The van der Waals surface area contributed by atoms with Crippen molar-refractivity contribution in [3.05, 3.63) is 47.8 Å². The van der Waals surface area contributed by atoms with Gasteiger partial charge in [-0.3, -0.25) is 4.68 Å². The Morgan fingerprint density at radius 2 is 2.26 bits per heavy atom. The van der Waals surface area contributed by atoms with E-state index < -0.39 is 0 Å². The van der Waals surface area contributed by atoms with E-state index in [4.69, 9.17) is 0 Å². The van der Waals surface area contributed by atoms with Crippen LogP contribution in [-0.4, -0.2) is 28.1 Å². The fraction of sp³-hybridized carbons (Fsp3) is 0.400. The summed E-state index contributed by atoms with van der Waals surface area (Å²) in [5, 5.41) is 8.43. The number of aryl methyl sites for hydroxylation is 1. The topological polar surface area (TPSA) is 29.9 Å². The number of nitrogens with one attached hydrogen (secondary N) is 1. The second-order valence-electron chi connectivity index (χ2n) is 4.95. The van der Waals surface area contributed by atoms with Crippen LogP contribution in [0.3, 0.4) is 0 Å². The molecule has 1 aliphatic rings. The fourth-order valence-electron chi connectivity index (χ4n) is 2.49. The maximum Gasteiger partial charge on any atom is 0.0492 e. The number of thioether (sulfide) groups is 1. The van der Waals surface area contributed by atoms with Gasteiger partial charge in [-0.15, -0.1) is 11.8 Å². The van der Waals surface area contributed by atoms with Crippen molar-refractivity contribution in [1.29, 1.82) is 0 Å². The van der Waals surface area contributed by atoms with Crippen molar-refractivity contribution in [3.8, 4) is 0 Å². The molecule has 0 aliphatic carbocycles. The first-order chi connectivity index (χ1) is 9.33. The minimum absolute atomic E-state index is 0.684. The third-order valence-electron chi connectivity index (χ3n) is 3.57. The van der Waals surface area contributed by atoms with Crippen molar-refractivity contribution < 1.29 is 0 Å². The second-order valence-corrected chi connectivity index (χ2v) is 6.29. The molecule has 1 aromatic carbocycles. The Balaban J connectivity index is 1.42. The molecule has 0 bridgehead atoms. The largest absolute Gasteiger partial charge is 0.315 e. The fourth-order valence-corrected chi connectivity index (χ4v) is 3.78. The number of aromatic nitrogens is 2. The molecule has 0 saturated heterocycles. The third kappa shape index (κ3) is 3.01. The van der Waals surface area contributed by atoms with Crippen molar-refractivity contribution in [1.82, 2.24) is 15.1 Å². The summed E-state index contributed by atoms with van der Waals surface area (Å²) in [7, 11) is 2.00. The number of nitrogens with zero attached hydrogens (tertiary/aromatic N) is 2. The lowest BCUT2D eigenvalue weighted by molar-refractivity contribution is 0.631. The SMILES string of the molecule is Cn1nccc1CCNCC1Cc2ccccc2S1. The highest BCUT2D eigenvalue weighted by Gasteiger charge is 2.20. The van der Waals surface area contributed by atoms with Gasteiger partial charge in [0.15, 0.2) is 0 Å². The van der Waals surface area contributed by atoms with Crippen LogP contribution in [0.4, 0.5) is 0 Å². The van der Waals surface area contributed by atoms with Crippen molar-refractivity contribution in [2.45, 2.75) is 23.0 Å². The van der Waals surface area contributed by atoms with E-state index in [0.29, 0.717) is 5.25 Å². The quantitative estimate of drug-likeness (QED) is 0.848. The molecule has 1 atom stereocenters. The standard InChI is InChI=1S/C15H19N3S/c1-18-13(7-9-17-18)6-8-16-11-14-10-12-4-2-3-5-15(12)19-14/h2-5,7,9,14,16H,6,8,10-11H2,1H3. The molecule has 100 valence electrons. The molecule has 4 heteroatoms. The highest BCUT2D eigenvalue weighted by Crippen LogP contribution is 2.36. The molecule has 19 heavy (non-hydrogen) atoms. The lowest BCUT2D eigenvalue weighted by atomic mass is 10.1. The van der Waals surface area contributed by atoms with Gasteiger partial charge in [0.1, 0.15) is 0 Å². The Morgan fingerprint density at radius 1 is 1.37 bits per heavy atom. The summed E-state index contributed by atoms with van der Waals surface area (Å²) < 4.78 is 1.95. The summed E-state index contributed by atoms with van der Waals surface area (Å²) in [6.45, 7) is 2.10. The monoisotopic (exact) mass is 273 g/mol. The smallest absolute Gasteiger partial charge is 0.0492 e. The molecule has 2 aromatic rings. The first-order valence-electron chi connectivity index (χ1n) is 6.75. The van der Waals surface area contributed by atoms with Crippen LogP contribution in [0.2, 0.25) is 0 Å². The summed E-state index contributed by atoms with van der Waals surface area (Å²) in [4.78, 5) is 1.46. The number of fused-ring (bicyclic) bond motifs is 1. The van der Waals surface area contributed by atoms with E-state index in [0.717, 1.165) is 19.5 Å². The number of benzene rings is 1. The zero-order chi connectivity index (χ0) is 13.1. The van der Waals surface area contributed by atoms with Crippen LogP contribution in [-0.2, 0) is 19.9 Å². The maximum atomic E-state index is 4.18. The second kappa shape index (κ2) is 5.80. The molecule has 1 aliphatic heterocycles. The van der Waals surface area contributed by atoms with Crippen molar-refractivity contribution in [2.24, 2.45) is 7.05 Å². The Bertz CT molecular complexity index is 525. The molecule has 1 N–H and O–H groups in total. The molecule has 0 spiro atoms. The van der Waals surface area contributed by atoms with E-state index in [2.05, 4.69) is 40.7 Å². The summed E-state index contributed by atoms with van der Waals surface area (Å²) >= 11 is 2.01. The van der Waals surface area contributed by atoms with Gasteiger partial charge in [0.2, 0.25) is 0 Å². The van der Waals surface area contributed by atoms with E-state index in [-0.39, 0.29) is 0 Å². The molecular weight excluding hydrogens is 254 g/mol. The van der Waals surface area contributed by atoms with Crippen LogP contribution in [0.5, 0.6) is 0 Å². The summed E-state index contributed by atoms with van der Waals surface area (Å²) in [6, 6.07) is 10.8. The normalized spacial score (nSPS) is 17.6. The van der Waals surface area contributed by atoms with Gasteiger partial charge in [-0.1, -0.05) is 18.2 Å². The zero-order valence-electron chi connectivity index (χ0n) is 11.2. The van der Waals surface area contributed by atoms with Gasteiger partial charge in [0.05, 0.1) is 0 Å². The Labute approximate surface area is 118 Å². The number of hydrogen-bond acceptors (Lipinski definition) is 3. The minimum atomic E-state index is 0.684. The van der Waals surface area contributed by atoms with E-state index in [1.165, 1.54) is 22.6 Å². The van der Waals surface area contributed by atoms with E-state index in [1.54, 1.807) is 0 Å². The first kappa shape index (κ1) is 12.8. The van der Waals surface area contributed by atoms with Gasteiger partial charge in [0.25, 0.3) is 0 Å². The van der Waals surface area contributed by atoms with Crippen LogP contribution in [0, 0.1) is 0 Å². The van der Waals surface area contributed by atoms with Crippen LogP contribution < -0.4 is 5.32 Å². The molecular formula is C15H19N3S. The van der Waals surface area contributed by atoms with E-state index in [1.807, 2.05) is 29.7 Å². The maximum absolute atomic E-state index is 4.18. The molecule has 1 aromatic heterocycles. The average molecular weight is 273 g/mol. The van der Waals surface area contributed by atoms with Crippen LogP contribution in [0.1, 0.15) is 11.3 Å². The summed E-state index contributed by atoms with van der Waals surface area (Å²) in [6.07, 6.45) is 4.10. The highest BCUT2D eigenvalue weighted by molar-refractivity contribution is 8.00. The number of hydrogen-bond donors (Lipinski definition) is 1. The molecule has 2 heterocycles. The molecule has 0 fully saturated rings. The van der Waals surface area contributed by atoms with Crippen molar-refractivity contribution in [2.75, 3.05) is 13.1 Å². The van der Waals surface area contributed by atoms with E-state index >= 15 is 0 Å². The van der Waals surface area contributed by atoms with Gasteiger partial charge in [-0.05, 0) is 24.1 Å². The molecule has 0 amide bonds. The Hall–Kier alpha value is -1.26. The lowest BCUT2D eigenvalue weighted by Gasteiger charge is -2.10.